The minimum absolute atomic E-state index is 0.273. The second kappa shape index (κ2) is 6.96. The van der Waals surface area contributed by atoms with Gasteiger partial charge in [-0.15, -0.1) is 10.2 Å². The van der Waals surface area contributed by atoms with E-state index in [1.165, 1.54) is 23.1 Å². The van der Waals surface area contributed by atoms with Crippen LogP contribution in [0.5, 0.6) is 0 Å². The van der Waals surface area contributed by atoms with Crippen LogP contribution in [0.2, 0.25) is 0 Å². The fourth-order valence-corrected chi connectivity index (χ4v) is 3.41. The van der Waals surface area contributed by atoms with Crippen molar-refractivity contribution in [2.75, 3.05) is 5.32 Å². The third-order valence-electron chi connectivity index (χ3n) is 2.20. The number of hydrogen-bond acceptors (Lipinski definition) is 5. The molecule has 0 bridgehead atoms. The second-order valence-corrected chi connectivity index (χ2v) is 6.62. The number of aromatic nitrogens is 2. The van der Waals surface area contributed by atoms with Crippen molar-refractivity contribution in [2.45, 2.75) is 10.1 Å². The summed E-state index contributed by atoms with van der Waals surface area (Å²) in [6.07, 6.45) is 1.16. The maximum atomic E-state index is 13.8. The summed E-state index contributed by atoms with van der Waals surface area (Å²) >= 11 is 5.74. The Bertz CT molecular complexity index is 647. The Morgan fingerprint density at radius 2 is 2.35 bits per heavy atom. The number of carbonyl (C=O) groups is 1. The Morgan fingerprint density at radius 3 is 3.10 bits per heavy atom. The van der Waals surface area contributed by atoms with Crippen molar-refractivity contribution in [3.63, 3.8) is 0 Å². The number of rotatable bonds is 5. The second-order valence-electron chi connectivity index (χ2n) is 3.57. The summed E-state index contributed by atoms with van der Waals surface area (Å²) in [4.78, 5) is 11.1. The standard InChI is InChI=1S/C12H9BrFN3OS2/c1-2-9(18)15-11-16-17-12(20-11)19-6-7-4-3-5-8(13)10(7)14/h2-5H,1,6H2,(H,15,16,18). The van der Waals surface area contributed by atoms with Crippen LogP contribution in [0.25, 0.3) is 0 Å². The quantitative estimate of drug-likeness (QED) is 0.491. The molecule has 20 heavy (non-hydrogen) atoms. The lowest BCUT2D eigenvalue weighted by Gasteiger charge is -2.02. The van der Waals surface area contributed by atoms with Crippen LogP contribution in [-0.2, 0) is 10.5 Å². The maximum absolute atomic E-state index is 13.8. The predicted molar refractivity (Wildman–Crippen MR) is 82.4 cm³/mol. The zero-order valence-corrected chi connectivity index (χ0v) is 13.3. The first-order valence-electron chi connectivity index (χ1n) is 5.42. The summed E-state index contributed by atoms with van der Waals surface area (Å²) in [7, 11) is 0. The largest absolute Gasteiger partial charge is 0.297 e. The van der Waals surface area contributed by atoms with Crippen LogP contribution in [0.15, 0.2) is 39.7 Å². The van der Waals surface area contributed by atoms with Crippen molar-refractivity contribution in [2.24, 2.45) is 0 Å². The summed E-state index contributed by atoms with van der Waals surface area (Å²) in [5, 5.41) is 10.7. The molecule has 1 heterocycles. The molecular weight excluding hydrogens is 365 g/mol. The van der Waals surface area contributed by atoms with E-state index in [1.807, 2.05) is 0 Å². The van der Waals surface area contributed by atoms with E-state index in [9.17, 15) is 9.18 Å². The van der Waals surface area contributed by atoms with Crippen LogP contribution in [0.1, 0.15) is 5.56 Å². The minimum Gasteiger partial charge on any atom is -0.297 e. The van der Waals surface area contributed by atoms with Gasteiger partial charge in [0.2, 0.25) is 11.0 Å². The summed E-state index contributed by atoms with van der Waals surface area (Å²) in [5.41, 5.74) is 0.580. The van der Waals surface area contributed by atoms with E-state index in [-0.39, 0.29) is 11.7 Å². The first-order chi connectivity index (χ1) is 9.60. The zero-order valence-electron chi connectivity index (χ0n) is 10.1. The summed E-state index contributed by atoms with van der Waals surface area (Å²) < 4.78 is 14.9. The molecule has 1 amide bonds. The average molecular weight is 374 g/mol. The van der Waals surface area contributed by atoms with Gasteiger partial charge >= 0.3 is 0 Å². The Hall–Kier alpha value is -1.25. The minimum atomic E-state index is -0.337. The highest BCUT2D eigenvalue weighted by Gasteiger charge is 2.10. The monoisotopic (exact) mass is 373 g/mol. The van der Waals surface area contributed by atoms with E-state index in [4.69, 9.17) is 0 Å². The highest BCUT2D eigenvalue weighted by atomic mass is 79.9. The molecule has 0 aliphatic carbocycles. The van der Waals surface area contributed by atoms with Gasteiger partial charge < -0.3 is 0 Å². The molecule has 0 saturated carbocycles. The van der Waals surface area contributed by atoms with Crippen molar-refractivity contribution in [3.8, 4) is 0 Å². The van der Waals surface area contributed by atoms with Gasteiger partial charge in [0.05, 0.1) is 4.47 Å². The maximum Gasteiger partial charge on any atom is 0.249 e. The number of halogens is 2. The average Bonchev–Trinajstić information content (AvgIpc) is 2.88. The number of benzene rings is 1. The Morgan fingerprint density at radius 1 is 1.55 bits per heavy atom. The smallest absolute Gasteiger partial charge is 0.249 e. The van der Waals surface area contributed by atoms with Crippen LogP contribution in [-0.4, -0.2) is 16.1 Å². The van der Waals surface area contributed by atoms with Gasteiger partial charge in [-0.1, -0.05) is 41.8 Å². The number of nitrogens with zero attached hydrogens (tertiary/aromatic N) is 2. The van der Waals surface area contributed by atoms with Crippen molar-refractivity contribution >= 4 is 50.1 Å². The fraction of sp³-hybridized carbons (Fsp3) is 0.0833. The van der Waals surface area contributed by atoms with E-state index < -0.39 is 0 Å². The number of nitrogens with one attached hydrogen (secondary N) is 1. The molecule has 0 atom stereocenters. The van der Waals surface area contributed by atoms with Crippen LogP contribution < -0.4 is 5.32 Å². The molecule has 0 aliphatic heterocycles. The van der Waals surface area contributed by atoms with Crippen molar-refractivity contribution < 1.29 is 9.18 Å². The molecule has 0 radical (unpaired) electrons. The molecule has 0 saturated heterocycles. The van der Waals surface area contributed by atoms with Gasteiger partial charge in [0.1, 0.15) is 5.82 Å². The molecular formula is C12H9BrFN3OS2. The number of anilines is 1. The van der Waals surface area contributed by atoms with Gasteiger partial charge in [-0.2, -0.15) is 0 Å². The summed E-state index contributed by atoms with van der Waals surface area (Å²) in [5.74, 6) is -0.171. The van der Waals surface area contributed by atoms with E-state index in [1.54, 1.807) is 18.2 Å². The highest BCUT2D eigenvalue weighted by molar-refractivity contribution is 9.10. The molecule has 0 fully saturated rings. The van der Waals surface area contributed by atoms with Crippen molar-refractivity contribution in [1.29, 1.82) is 0 Å². The lowest BCUT2D eigenvalue weighted by atomic mass is 10.2. The van der Waals surface area contributed by atoms with E-state index in [0.717, 1.165) is 6.08 Å². The van der Waals surface area contributed by atoms with Crippen molar-refractivity contribution in [3.05, 3.63) is 46.7 Å². The molecule has 4 nitrogen and oxygen atoms in total. The SMILES string of the molecule is C=CC(=O)Nc1nnc(SCc2cccc(Br)c2F)s1. The Kier molecular flexibility index (Phi) is 5.27. The fourth-order valence-electron chi connectivity index (χ4n) is 1.27. The van der Waals surface area contributed by atoms with Crippen LogP contribution >= 0.6 is 39.0 Å². The first-order valence-corrected chi connectivity index (χ1v) is 8.02. The number of amides is 1. The molecule has 1 aromatic heterocycles. The predicted octanol–water partition coefficient (Wildman–Crippen LogP) is 3.86. The first kappa shape index (κ1) is 15.1. The van der Waals surface area contributed by atoms with Crippen LogP contribution in [0.4, 0.5) is 9.52 Å². The third-order valence-corrected chi connectivity index (χ3v) is 4.84. The van der Waals surface area contributed by atoms with Gasteiger partial charge in [-0.25, -0.2) is 4.39 Å². The van der Waals surface area contributed by atoms with E-state index >= 15 is 0 Å². The highest BCUT2D eigenvalue weighted by Crippen LogP contribution is 2.30. The van der Waals surface area contributed by atoms with Gasteiger partial charge in [-0.3, -0.25) is 10.1 Å². The normalized spacial score (nSPS) is 10.3. The van der Waals surface area contributed by atoms with E-state index in [2.05, 4.69) is 38.0 Å². The van der Waals surface area contributed by atoms with Crippen LogP contribution in [0.3, 0.4) is 0 Å². The topological polar surface area (TPSA) is 54.9 Å². The number of hydrogen-bond donors (Lipinski definition) is 1. The lowest BCUT2D eigenvalue weighted by Crippen LogP contribution is -2.06. The lowest BCUT2D eigenvalue weighted by molar-refractivity contribution is -0.111. The summed E-state index contributed by atoms with van der Waals surface area (Å²) in [6.45, 7) is 3.35. The van der Waals surface area contributed by atoms with Gasteiger partial charge in [0.25, 0.3) is 0 Å². The van der Waals surface area contributed by atoms with Crippen LogP contribution in [0, 0.1) is 5.82 Å². The molecule has 1 aromatic carbocycles. The molecule has 8 heteroatoms. The number of thioether (sulfide) groups is 1. The molecule has 0 spiro atoms. The Labute approximate surface area is 131 Å². The Balaban J connectivity index is 1.99. The summed E-state index contributed by atoms with van der Waals surface area (Å²) in [6, 6.07) is 5.14. The molecule has 1 N–H and O–H groups in total. The molecule has 2 aromatic rings. The number of carbonyl (C=O) groups excluding carboxylic acids is 1. The van der Waals surface area contributed by atoms with Crippen molar-refractivity contribution in [1.82, 2.24) is 10.2 Å². The molecule has 104 valence electrons. The van der Waals surface area contributed by atoms with Gasteiger partial charge in [0.15, 0.2) is 4.34 Å². The molecule has 0 aliphatic rings. The van der Waals surface area contributed by atoms with Gasteiger partial charge in [0, 0.05) is 5.75 Å². The molecule has 2 rings (SSSR count). The van der Waals surface area contributed by atoms with Gasteiger partial charge in [-0.05, 0) is 33.6 Å². The van der Waals surface area contributed by atoms with E-state index in [0.29, 0.717) is 25.3 Å². The zero-order chi connectivity index (χ0) is 14.5. The third kappa shape index (κ3) is 3.87. The molecule has 0 unspecified atom stereocenters.